The molecule has 0 aromatic carbocycles. The highest BCUT2D eigenvalue weighted by atomic mass is 16.3. The van der Waals surface area contributed by atoms with E-state index in [2.05, 4.69) is 15.3 Å². The summed E-state index contributed by atoms with van der Waals surface area (Å²) in [5.41, 5.74) is -0.480. The van der Waals surface area contributed by atoms with E-state index in [1.54, 1.807) is 6.21 Å². The van der Waals surface area contributed by atoms with E-state index >= 15 is 0 Å². The fourth-order valence-electron chi connectivity index (χ4n) is 1.92. The van der Waals surface area contributed by atoms with Crippen LogP contribution in [-0.4, -0.2) is 33.7 Å². The second-order valence-corrected chi connectivity index (χ2v) is 6.37. The molecule has 0 atom stereocenters. The topological polar surface area (TPSA) is 57.4 Å². The number of hydrogen-bond donors (Lipinski definition) is 0. The Morgan fingerprint density at radius 2 is 1.76 bits per heavy atom. The number of nitroso groups, excluding NO2 is 1. The highest BCUT2D eigenvalue weighted by molar-refractivity contribution is 6.35. The van der Waals surface area contributed by atoms with Crippen molar-refractivity contribution >= 4 is 11.9 Å². The zero-order valence-corrected chi connectivity index (χ0v) is 11.8. The zero-order valence-electron chi connectivity index (χ0n) is 11.8. The summed E-state index contributed by atoms with van der Waals surface area (Å²) in [6.45, 7) is 13.7. The van der Waals surface area contributed by atoms with Crippen LogP contribution < -0.4 is 0 Å². The van der Waals surface area contributed by atoms with Gasteiger partial charge in [0, 0.05) is 6.21 Å². The van der Waals surface area contributed by atoms with E-state index in [4.69, 9.17) is 0 Å². The molecule has 0 aliphatic carbocycles. The molecule has 0 saturated heterocycles. The second kappa shape index (κ2) is 3.89. The number of rotatable bonds is 2. The summed E-state index contributed by atoms with van der Waals surface area (Å²) in [4.78, 5) is 19.9. The minimum absolute atomic E-state index is 0.148. The van der Waals surface area contributed by atoms with Gasteiger partial charge in [0.1, 0.15) is 11.2 Å². The molecule has 17 heavy (non-hydrogen) atoms. The lowest BCUT2D eigenvalue weighted by molar-refractivity contribution is 0.0868. The average Bonchev–Trinajstić information content (AvgIpc) is 2.27. The normalized spacial score (nSPS) is 23.0. The van der Waals surface area contributed by atoms with Crippen LogP contribution in [-0.2, 0) is 0 Å². The van der Waals surface area contributed by atoms with Gasteiger partial charge < -0.3 is 0 Å². The van der Waals surface area contributed by atoms with Gasteiger partial charge >= 0.3 is 0 Å². The fraction of sp³-hybridized carbons (Fsp3) is 0.833. The van der Waals surface area contributed by atoms with Crippen LogP contribution in [0.25, 0.3) is 0 Å². The Morgan fingerprint density at radius 3 is 2.12 bits per heavy atom. The third-order valence-electron chi connectivity index (χ3n) is 2.72. The van der Waals surface area contributed by atoms with Gasteiger partial charge in [0.2, 0.25) is 0 Å². The molecule has 0 saturated carbocycles. The van der Waals surface area contributed by atoms with Gasteiger partial charge in [0.05, 0.1) is 16.5 Å². The van der Waals surface area contributed by atoms with E-state index in [1.807, 2.05) is 48.5 Å². The predicted molar refractivity (Wildman–Crippen MR) is 71.5 cm³/mol. The molecule has 0 spiro atoms. The molecule has 0 radical (unpaired) electrons. The summed E-state index contributed by atoms with van der Waals surface area (Å²) in [6, 6.07) is 0. The van der Waals surface area contributed by atoms with Gasteiger partial charge in [-0.05, 0) is 48.5 Å². The Balaban J connectivity index is 3.10. The van der Waals surface area contributed by atoms with Crippen molar-refractivity contribution in [2.45, 2.75) is 65.2 Å². The lowest BCUT2D eigenvalue weighted by Crippen LogP contribution is -2.48. The van der Waals surface area contributed by atoms with Crippen molar-refractivity contribution in [3.63, 3.8) is 0 Å². The number of aliphatic imine (C=N–C) groups is 2. The third kappa shape index (κ3) is 2.70. The van der Waals surface area contributed by atoms with Crippen molar-refractivity contribution in [2.75, 3.05) is 0 Å². The van der Waals surface area contributed by atoms with E-state index in [0.717, 1.165) is 5.71 Å². The fourth-order valence-corrected chi connectivity index (χ4v) is 1.92. The van der Waals surface area contributed by atoms with Crippen molar-refractivity contribution in [1.82, 2.24) is 5.01 Å². The second-order valence-electron chi connectivity index (χ2n) is 6.37. The van der Waals surface area contributed by atoms with Crippen LogP contribution in [0.2, 0.25) is 0 Å². The molecule has 0 N–H and O–H groups in total. The van der Waals surface area contributed by atoms with Crippen LogP contribution in [0, 0.1) is 4.91 Å². The summed E-state index contributed by atoms with van der Waals surface area (Å²) in [5.74, 6) is 0. The Hall–Kier alpha value is -1.26. The SMILES string of the molecule is CC(C)(C)N=CC1=NC(C)(C)N(N=O)C1(C)C. The van der Waals surface area contributed by atoms with Gasteiger partial charge in [-0.25, -0.2) is 5.01 Å². The molecule has 96 valence electrons. The molecule has 5 nitrogen and oxygen atoms in total. The van der Waals surface area contributed by atoms with Crippen molar-refractivity contribution in [2.24, 2.45) is 15.3 Å². The van der Waals surface area contributed by atoms with E-state index < -0.39 is 11.2 Å². The van der Waals surface area contributed by atoms with Crippen LogP contribution in [0.3, 0.4) is 0 Å². The van der Waals surface area contributed by atoms with Crippen LogP contribution in [0.1, 0.15) is 48.5 Å². The predicted octanol–water partition coefficient (Wildman–Crippen LogP) is 2.81. The van der Waals surface area contributed by atoms with Crippen LogP contribution in [0.5, 0.6) is 0 Å². The molecule has 0 aromatic heterocycles. The van der Waals surface area contributed by atoms with Crippen molar-refractivity contribution in [1.29, 1.82) is 0 Å². The minimum atomic E-state index is -0.607. The molecule has 5 heteroatoms. The molecule has 1 heterocycles. The highest BCUT2D eigenvalue weighted by Gasteiger charge is 2.47. The molecule has 0 amide bonds. The maximum Gasteiger partial charge on any atom is 0.146 e. The number of hydrogen-bond acceptors (Lipinski definition) is 4. The Morgan fingerprint density at radius 1 is 1.24 bits per heavy atom. The van der Waals surface area contributed by atoms with Gasteiger partial charge in [-0.3, -0.25) is 9.98 Å². The van der Waals surface area contributed by atoms with Crippen LogP contribution >= 0.6 is 0 Å². The summed E-state index contributed by atoms with van der Waals surface area (Å²) in [7, 11) is 0. The van der Waals surface area contributed by atoms with Gasteiger partial charge in [0.25, 0.3) is 0 Å². The molecule has 1 aliphatic rings. The van der Waals surface area contributed by atoms with Crippen molar-refractivity contribution in [3.05, 3.63) is 4.91 Å². The third-order valence-corrected chi connectivity index (χ3v) is 2.72. The number of nitrogens with zero attached hydrogens (tertiary/aromatic N) is 4. The molecule has 0 bridgehead atoms. The lowest BCUT2D eigenvalue weighted by Gasteiger charge is -2.33. The van der Waals surface area contributed by atoms with Gasteiger partial charge in [-0.15, -0.1) is 4.91 Å². The van der Waals surface area contributed by atoms with E-state index in [0.29, 0.717) is 0 Å². The van der Waals surface area contributed by atoms with E-state index in [1.165, 1.54) is 5.01 Å². The molecule has 0 aromatic rings. The molecular formula is C12H22N4O. The first-order valence-electron chi connectivity index (χ1n) is 5.80. The van der Waals surface area contributed by atoms with Crippen LogP contribution in [0.15, 0.2) is 15.3 Å². The zero-order chi connectivity index (χ0) is 13.5. The first kappa shape index (κ1) is 13.8. The maximum absolute atomic E-state index is 10.9. The molecular weight excluding hydrogens is 216 g/mol. The average molecular weight is 238 g/mol. The van der Waals surface area contributed by atoms with Gasteiger partial charge in [0.15, 0.2) is 0 Å². The van der Waals surface area contributed by atoms with Gasteiger partial charge in [-0.2, -0.15) is 0 Å². The summed E-state index contributed by atoms with van der Waals surface area (Å²) < 4.78 is 0. The Labute approximate surface area is 103 Å². The quantitative estimate of drug-likeness (QED) is 0.548. The standard InChI is InChI=1S/C12H22N4O/c1-10(2,3)13-8-9-11(4,5)16(15-17)12(6,7)14-9/h8H,1-7H3. The monoisotopic (exact) mass is 238 g/mol. The summed E-state index contributed by atoms with van der Waals surface area (Å²) in [6.07, 6.45) is 1.76. The van der Waals surface area contributed by atoms with E-state index in [-0.39, 0.29) is 5.54 Å². The smallest absolute Gasteiger partial charge is 0.146 e. The minimum Gasteiger partial charge on any atom is -0.285 e. The van der Waals surface area contributed by atoms with E-state index in [9.17, 15) is 4.91 Å². The van der Waals surface area contributed by atoms with Crippen molar-refractivity contribution in [3.8, 4) is 0 Å². The van der Waals surface area contributed by atoms with Gasteiger partial charge in [-0.1, -0.05) is 0 Å². The largest absolute Gasteiger partial charge is 0.285 e. The van der Waals surface area contributed by atoms with Crippen molar-refractivity contribution < 1.29 is 0 Å². The highest BCUT2D eigenvalue weighted by Crippen LogP contribution is 2.34. The van der Waals surface area contributed by atoms with Crippen LogP contribution in [0.4, 0.5) is 0 Å². The maximum atomic E-state index is 10.9. The Bertz CT molecular complexity index is 374. The molecule has 0 fully saturated rings. The molecule has 1 rings (SSSR count). The first-order chi connectivity index (χ1) is 7.50. The molecule has 0 unspecified atom stereocenters. The summed E-state index contributed by atoms with van der Waals surface area (Å²) in [5, 5.41) is 4.57. The first-order valence-corrected chi connectivity index (χ1v) is 5.80. The Kier molecular flexibility index (Phi) is 3.16. The lowest BCUT2D eigenvalue weighted by atomic mass is 9.98. The molecule has 1 aliphatic heterocycles. The summed E-state index contributed by atoms with van der Waals surface area (Å²) >= 11 is 0.